The van der Waals surface area contributed by atoms with E-state index in [-0.39, 0.29) is 5.54 Å². The zero-order valence-corrected chi connectivity index (χ0v) is 7.35. The topological polar surface area (TPSA) is 35.8 Å². The predicted molar refractivity (Wildman–Crippen MR) is 45.1 cm³/mol. The van der Waals surface area contributed by atoms with Crippen LogP contribution in [0.3, 0.4) is 0 Å². The zero-order chi connectivity index (χ0) is 8.32. The lowest BCUT2D eigenvalue weighted by atomic mass is 9.99. The van der Waals surface area contributed by atoms with Crippen LogP contribution in [0.15, 0.2) is 0 Å². The van der Waals surface area contributed by atoms with E-state index in [0.717, 1.165) is 12.8 Å². The van der Waals surface area contributed by atoms with Crippen molar-refractivity contribution < 1.29 is 0 Å². The Balaban J connectivity index is 2.54. The fraction of sp³-hybridized carbons (Fsp3) is 0.889. The molecule has 62 valence electrons. The maximum Gasteiger partial charge on any atom is 0.106 e. The second-order valence-corrected chi connectivity index (χ2v) is 3.70. The molecule has 0 spiro atoms. The van der Waals surface area contributed by atoms with E-state index in [1.54, 1.807) is 0 Å². The van der Waals surface area contributed by atoms with Gasteiger partial charge in [-0.25, -0.2) is 0 Å². The third kappa shape index (κ3) is 1.94. The smallest absolute Gasteiger partial charge is 0.106 e. The molecule has 1 saturated carbocycles. The molecule has 0 bridgehead atoms. The highest BCUT2D eigenvalue weighted by molar-refractivity contribution is 5.10. The first-order valence-electron chi connectivity index (χ1n) is 4.37. The van der Waals surface area contributed by atoms with Crippen LogP contribution in [0.4, 0.5) is 0 Å². The third-order valence-electron chi connectivity index (χ3n) is 2.24. The summed E-state index contributed by atoms with van der Waals surface area (Å²) < 4.78 is 0. The molecule has 1 aliphatic rings. The second-order valence-electron chi connectivity index (χ2n) is 3.70. The fourth-order valence-corrected chi connectivity index (χ4v) is 1.82. The van der Waals surface area contributed by atoms with Crippen LogP contribution < -0.4 is 5.32 Å². The average molecular weight is 152 g/mol. The summed E-state index contributed by atoms with van der Waals surface area (Å²) in [5.41, 5.74) is -0.186. The van der Waals surface area contributed by atoms with Crippen LogP contribution in [-0.4, -0.2) is 11.6 Å². The van der Waals surface area contributed by atoms with Crippen LogP contribution in [0.5, 0.6) is 0 Å². The number of rotatable bonds is 2. The Morgan fingerprint density at radius 1 is 1.36 bits per heavy atom. The van der Waals surface area contributed by atoms with Gasteiger partial charge in [0.15, 0.2) is 0 Å². The Morgan fingerprint density at radius 3 is 2.27 bits per heavy atom. The SMILES string of the molecule is CC(C)NC1(C#N)CCCC1. The van der Waals surface area contributed by atoms with E-state index in [9.17, 15) is 0 Å². The third-order valence-corrected chi connectivity index (χ3v) is 2.24. The molecule has 1 fully saturated rings. The van der Waals surface area contributed by atoms with E-state index in [2.05, 4.69) is 25.2 Å². The van der Waals surface area contributed by atoms with Crippen molar-refractivity contribution in [3.8, 4) is 6.07 Å². The molecule has 0 aliphatic heterocycles. The van der Waals surface area contributed by atoms with E-state index >= 15 is 0 Å². The molecule has 2 nitrogen and oxygen atoms in total. The first-order valence-corrected chi connectivity index (χ1v) is 4.37. The molecule has 0 aromatic heterocycles. The summed E-state index contributed by atoms with van der Waals surface area (Å²) in [5, 5.41) is 12.3. The highest BCUT2D eigenvalue weighted by atomic mass is 15.0. The van der Waals surface area contributed by atoms with Crippen LogP contribution in [0.1, 0.15) is 39.5 Å². The lowest BCUT2D eigenvalue weighted by molar-refractivity contribution is 0.385. The minimum atomic E-state index is -0.186. The summed E-state index contributed by atoms with van der Waals surface area (Å²) in [6.07, 6.45) is 4.46. The molecule has 1 rings (SSSR count). The van der Waals surface area contributed by atoms with Crippen molar-refractivity contribution >= 4 is 0 Å². The molecule has 0 heterocycles. The standard InChI is InChI=1S/C9H16N2/c1-8(2)11-9(7-10)5-3-4-6-9/h8,11H,3-6H2,1-2H3. The molecule has 1 aliphatic carbocycles. The summed E-state index contributed by atoms with van der Waals surface area (Å²) in [6.45, 7) is 4.19. The first-order chi connectivity index (χ1) is 5.18. The van der Waals surface area contributed by atoms with Crippen LogP contribution in [0, 0.1) is 11.3 Å². The summed E-state index contributed by atoms with van der Waals surface area (Å²) in [6, 6.07) is 2.82. The monoisotopic (exact) mass is 152 g/mol. The maximum atomic E-state index is 8.95. The average Bonchev–Trinajstić information content (AvgIpc) is 2.36. The van der Waals surface area contributed by atoms with Gasteiger partial charge < -0.3 is 0 Å². The molecular weight excluding hydrogens is 136 g/mol. The molecule has 0 aromatic rings. The fourth-order valence-electron chi connectivity index (χ4n) is 1.82. The molecule has 0 saturated heterocycles. The molecule has 11 heavy (non-hydrogen) atoms. The second kappa shape index (κ2) is 3.23. The first kappa shape index (κ1) is 8.55. The summed E-state index contributed by atoms with van der Waals surface area (Å²) >= 11 is 0. The minimum Gasteiger partial charge on any atom is -0.297 e. The van der Waals surface area contributed by atoms with E-state index in [4.69, 9.17) is 5.26 Å². The van der Waals surface area contributed by atoms with Gasteiger partial charge in [0.25, 0.3) is 0 Å². The molecule has 0 unspecified atom stereocenters. The van der Waals surface area contributed by atoms with Crippen LogP contribution >= 0.6 is 0 Å². The predicted octanol–water partition coefficient (Wildman–Crippen LogP) is 1.82. The van der Waals surface area contributed by atoms with Crippen molar-refractivity contribution in [2.45, 2.75) is 51.1 Å². The normalized spacial score (nSPS) is 22.0. The van der Waals surface area contributed by atoms with Crippen LogP contribution in [-0.2, 0) is 0 Å². The molecule has 2 heteroatoms. The quantitative estimate of drug-likeness (QED) is 0.655. The van der Waals surface area contributed by atoms with Gasteiger partial charge in [-0.3, -0.25) is 5.32 Å². The van der Waals surface area contributed by atoms with E-state index in [1.807, 2.05) is 0 Å². The van der Waals surface area contributed by atoms with Gasteiger partial charge in [0, 0.05) is 6.04 Å². The van der Waals surface area contributed by atoms with Crippen molar-refractivity contribution in [1.82, 2.24) is 5.32 Å². The van der Waals surface area contributed by atoms with Gasteiger partial charge in [0.1, 0.15) is 5.54 Å². The molecule has 0 radical (unpaired) electrons. The number of nitrogens with zero attached hydrogens (tertiary/aromatic N) is 1. The van der Waals surface area contributed by atoms with Crippen LogP contribution in [0.25, 0.3) is 0 Å². The van der Waals surface area contributed by atoms with Crippen molar-refractivity contribution in [1.29, 1.82) is 5.26 Å². The van der Waals surface area contributed by atoms with Gasteiger partial charge >= 0.3 is 0 Å². The van der Waals surface area contributed by atoms with Crippen molar-refractivity contribution in [2.24, 2.45) is 0 Å². The summed E-state index contributed by atoms with van der Waals surface area (Å²) in [4.78, 5) is 0. The van der Waals surface area contributed by atoms with Crippen molar-refractivity contribution in [3.63, 3.8) is 0 Å². The summed E-state index contributed by atoms with van der Waals surface area (Å²) in [7, 11) is 0. The number of hydrogen-bond donors (Lipinski definition) is 1. The molecule has 0 atom stereocenters. The number of hydrogen-bond acceptors (Lipinski definition) is 2. The highest BCUT2D eigenvalue weighted by Gasteiger charge is 2.33. The van der Waals surface area contributed by atoms with Crippen LogP contribution in [0.2, 0.25) is 0 Å². The minimum absolute atomic E-state index is 0.186. The lowest BCUT2D eigenvalue weighted by Crippen LogP contribution is -2.45. The van der Waals surface area contributed by atoms with E-state index < -0.39 is 0 Å². The zero-order valence-electron chi connectivity index (χ0n) is 7.35. The van der Waals surface area contributed by atoms with Crippen molar-refractivity contribution in [2.75, 3.05) is 0 Å². The largest absolute Gasteiger partial charge is 0.297 e. The molecule has 0 aromatic carbocycles. The van der Waals surface area contributed by atoms with Gasteiger partial charge in [-0.15, -0.1) is 0 Å². The van der Waals surface area contributed by atoms with Gasteiger partial charge in [0.05, 0.1) is 6.07 Å². The highest BCUT2D eigenvalue weighted by Crippen LogP contribution is 2.29. The Kier molecular flexibility index (Phi) is 2.51. The van der Waals surface area contributed by atoms with Gasteiger partial charge in [-0.05, 0) is 26.7 Å². The Morgan fingerprint density at radius 2 is 1.91 bits per heavy atom. The number of nitrogens with one attached hydrogen (secondary N) is 1. The van der Waals surface area contributed by atoms with Gasteiger partial charge in [-0.2, -0.15) is 5.26 Å². The molecule has 1 N–H and O–H groups in total. The Labute approximate surface area is 68.6 Å². The number of nitriles is 1. The maximum absolute atomic E-state index is 8.95. The Bertz CT molecular complexity index is 161. The van der Waals surface area contributed by atoms with E-state index in [0.29, 0.717) is 6.04 Å². The molecule has 0 amide bonds. The molecular formula is C9H16N2. The summed E-state index contributed by atoms with van der Waals surface area (Å²) in [5.74, 6) is 0. The van der Waals surface area contributed by atoms with E-state index in [1.165, 1.54) is 12.8 Å². The Hall–Kier alpha value is -0.550. The lowest BCUT2D eigenvalue weighted by Gasteiger charge is -2.24. The van der Waals surface area contributed by atoms with Crippen molar-refractivity contribution in [3.05, 3.63) is 0 Å². The van der Waals surface area contributed by atoms with Gasteiger partial charge in [-0.1, -0.05) is 12.8 Å². The van der Waals surface area contributed by atoms with Gasteiger partial charge in [0.2, 0.25) is 0 Å².